The van der Waals surface area contributed by atoms with E-state index < -0.39 is 5.60 Å². The molecule has 30 heavy (non-hydrogen) atoms. The summed E-state index contributed by atoms with van der Waals surface area (Å²) < 4.78 is 17.0. The number of likely N-dealkylation sites (tertiary alicyclic amines) is 1. The summed E-state index contributed by atoms with van der Waals surface area (Å²) in [5.41, 5.74) is -0.351. The molecule has 9 nitrogen and oxygen atoms in total. The quantitative estimate of drug-likeness (QED) is 0.513. The molecule has 2 fully saturated rings. The van der Waals surface area contributed by atoms with Crippen molar-refractivity contribution in [1.29, 1.82) is 5.41 Å². The summed E-state index contributed by atoms with van der Waals surface area (Å²) in [6, 6.07) is 0. The summed E-state index contributed by atoms with van der Waals surface area (Å²) in [5, 5.41) is 11.0. The van der Waals surface area contributed by atoms with Crippen molar-refractivity contribution in [2.75, 3.05) is 31.6 Å². The molecule has 0 spiro atoms. The first-order chi connectivity index (χ1) is 14.1. The molecule has 0 saturated carbocycles. The van der Waals surface area contributed by atoms with E-state index in [2.05, 4.69) is 15.3 Å². The number of nitrogens with one attached hydrogen (secondary N) is 2. The van der Waals surface area contributed by atoms with Gasteiger partial charge in [-0.3, -0.25) is 0 Å². The molecule has 3 rings (SSSR count). The van der Waals surface area contributed by atoms with Crippen LogP contribution in [0.4, 0.5) is 10.6 Å². The van der Waals surface area contributed by atoms with E-state index in [1.165, 1.54) is 0 Å². The van der Waals surface area contributed by atoms with Gasteiger partial charge >= 0.3 is 6.09 Å². The maximum atomic E-state index is 12.2. The van der Waals surface area contributed by atoms with Crippen molar-refractivity contribution in [3.8, 4) is 5.88 Å². The molecule has 1 unspecified atom stereocenters. The van der Waals surface area contributed by atoms with Crippen molar-refractivity contribution >= 4 is 29.7 Å². The van der Waals surface area contributed by atoms with Crippen molar-refractivity contribution in [1.82, 2.24) is 14.9 Å². The molecular formula is C20H30ClN5O4. The van der Waals surface area contributed by atoms with Crippen LogP contribution in [0.5, 0.6) is 5.88 Å². The molecule has 3 heterocycles. The summed E-state index contributed by atoms with van der Waals surface area (Å²) in [6.07, 6.45) is 3.59. The van der Waals surface area contributed by atoms with Crippen molar-refractivity contribution < 1.29 is 19.0 Å². The van der Waals surface area contributed by atoms with E-state index in [-0.39, 0.29) is 28.9 Å². The lowest BCUT2D eigenvalue weighted by Crippen LogP contribution is -2.60. The predicted octanol–water partition coefficient (Wildman–Crippen LogP) is 3.70. The van der Waals surface area contributed by atoms with Crippen LogP contribution in [0.25, 0.3) is 0 Å². The summed E-state index contributed by atoms with van der Waals surface area (Å²) in [5.74, 6) is 0.654. The Balaban J connectivity index is 1.62. The molecule has 1 aromatic heterocycles. The van der Waals surface area contributed by atoms with Gasteiger partial charge in [-0.15, -0.1) is 0 Å². The normalized spacial score (nSPS) is 20.8. The fraction of sp³-hybridized carbons (Fsp3) is 0.700. The fourth-order valence-electron chi connectivity index (χ4n) is 3.44. The van der Waals surface area contributed by atoms with Gasteiger partial charge in [0.2, 0.25) is 11.2 Å². The molecule has 2 aliphatic rings. The van der Waals surface area contributed by atoms with Gasteiger partial charge in [0.25, 0.3) is 0 Å². The number of carbonyl (C=O) groups excluding carboxylic acids is 1. The van der Waals surface area contributed by atoms with E-state index >= 15 is 0 Å². The van der Waals surface area contributed by atoms with Gasteiger partial charge < -0.3 is 29.8 Å². The van der Waals surface area contributed by atoms with Crippen LogP contribution in [-0.4, -0.2) is 65.3 Å². The maximum Gasteiger partial charge on any atom is 0.410 e. The van der Waals surface area contributed by atoms with Crippen LogP contribution in [-0.2, 0) is 9.47 Å². The van der Waals surface area contributed by atoms with E-state index in [0.717, 1.165) is 25.5 Å². The van der Waals surface area contributed by atoms with E-state index in [9.17, 15) is 4.79 Å². The van der Waals surface area contributed by atoms with Gasteiger partial charge in [-0.25, -0.2) is 4.79 Å². The Labute approximate surface area is 181 Å². The molecule has 1 amide bonds. The highest BCUT2D eigenvalue weighted by atomic mass is 35.5. The van der Waals surface area contributed by atoms with Crippen LogP contribution >= 0.6 is 11.6 Å². The van der Waals surface area contributed by atoms with Crippen LogP contribution in [0.1, 0.15) is 52.5 Å². The summed E-state index contributed by atoms with van der Waals surface area (Å²) in [7, 11) is 0. The molecule has 2 aliphatic heterocycles. The van der Waals surface area contributed by atoms with Gasteiger partial charge in [0.1, 0.15) is 17.6 Å². The number of hydrogen-bond acceptors (Lipinski definition) is 8. The molecule has 1 aromatic rings. The van der Waals surface area contributed by atoms with E-state index in [1.54, 1.807) is 4.90 Å². The lowest BCUT2D eigenvalue weighted by Gasteiger charge is -2.47. The number of rotatable bonds is 6. The van der Waals surface area contributed by atoms with Gasteiger partial charge in [-0.1, -0.05) is 6.92 Å². The van der Waals surface area contributed by atoms with Crippen LogP contribution in [0.3, 0.4) is 0 Å². The Kier molecular flexibility index (Phi) is 6.71. The molecule has 2 saturated heterocycles. The highest BCUT2D eigenvalue weighted by Crippen LogP contribution is 2.33. The highest BCUT2D eigenvalue weighted by Gasteiger charge is 2.44. The second-order valence-electron chi connectivity index (χ2n) is 9.14. The third-order valence-electron chi connectivity index (χ3n) is 4.86. The molecule has 1 atom stereocenters. The van der Waals surface area contributed by atoms with Crippen molar-refractivity contribution in [3.63, 3.8) is 0 Å². The largest absolute Gasteiger partial charge is 0.476 e. The molecule has 0 radical (unpaired) electrons. The number of nitrogens with zero attached hydrogens (tertiary/aromatic N) is 3. The lowest BCUT2D eigenvalue weighted by atomic mass is 9.83. The third kappa shape index (κ3) is 5.72. The van der Waals surface area contributed by atoms with Crippen LogP contribution in [0.15, 0.2) is 0 Å². The Morgan fingerprint density at radius 3 is 2.73 bits per heavy atom. The summed E-state index contributed by atoms with van der Waals surface area (Å²) in [4.78, 5) is 22.2. The summed E-state index contributed by atoms with van der Waals surface area (Å²) >= 11 is 6.09. The molecule has 0 bridgehead atoms. The Hall–Kier alpha value is -2.13. The average molecular weight is 440 g/mol. The van der Waals surface area contributed by atoms with Crippen molar-refractivity contribution in [2.24, 2.45) is 5.41 Å². The van der Waals surface area contributed by atoms with Gasteiger partial charge in [-0.2, -0.15) is 9.97 Å². The first kappa shape index (κ1) is 22.6. The molecule has 10 heteroatoms. The minimum atomic E-state index is -0.526. The Morgan fingerprint density at radius 2 is 2.13 bits per heavy atom. The van der Waals surface area contributed by atoms with E-state index in [4.69, 9.17) is 31.2 Å². The topological polar surface area (TPSA) is 110 Å². The SMILES string of the molecule is CC1(COc2nc(Cl)nc(NC3CCCCO3)c2C=N)CN(C(=O)OC(C)(C)C)C1. The maximum absolute atomic E-state index is 12.2. The number of ether oxygens (including phenoxy) is 3. The molecule has 166 valence electrons. The second kappa shape index (κ2) is 8.93. The zero-order valence-electron chi connectivity index (χ0n) is 18.0. The number of carbonyl (C=O) groups is 1. The number of hydrogen-bond donors (Lipinski definition) is 2. The lowest BCUT2D eigenvalue weighted by molar-refractivity contribution is -0.0433. The number of amides is 1. The molecule has 0 aromatic carbocycles. The predicted molar refractivity (Wildman–Crippen MR) is 114 cm³/mol. The number of halogens is 1. The molecule has 2 N–H and O–H groups in total. The Bertz CT molecular complexity index is 786. The standard InChI is InChI=1S/C20H30ClN5O4/c1-19(2,3)30-18(27)26-10-20(4,11-26)12-29-16-13(9-22)15(24-17(21)25-16)23-14-7-5-6-8-28-14/h9,14,22H,5-8,10-12H2,1-4H3,(H,23,24,25). The smallest absolute Gasteiger partial charge is 0.410 e. The molecular weight excluding hydrogens is 410 g/mol. The third-order valence-corrected chi connectivity index (χ3v) is 5.03. The van der Waals surface area contributed by atoms with Crippen LogP contribution in [0, 0.1) is 10.8 Å². The minimum Gasteiger partial charge on any atom is -0.476 e. The second-order valence-corrected chi connectivity index (χ2v) is 9.48. The van der Waals surface area contributed by atoms with Crippen LogP contribution < -0.4 is 10.1 Å². The monoisotopic (exact) mass is 439 g/mol. The first-order valence-corrected chi connectivity index (χ1v) is 10.5. The zero-order valence-corrected chi connectivity index (χ0v) is 18.7. The number of anilines is 1. The highest BCUT2D eigenvalue weighted by molar-refractivity contribution is 6.28. The van der Waals surface area contributed by atoms with Gasteiger partial charge in [0.15, 0.2) is 0 Å². The summed E-state index contributed by atoms with van der Waals surface area (Å²) in [6.45, 7) is 9.59. The van der Waals surface area contributed by atoms with Crippen molar-refractivity contribution in [2.45, 2.75) is 58.8 Å². The van der Waals surface area contributed by atoms with Crippen LogP contribution in [0.2, 0.25) is 5.28 Å². The fourth-order valence-corrected chi connectivity index (χ4v) is 3.61. The van der Waals surface area contributed by atoms with Crippen molar-refractivity contribution in [3.05, 3.63) is 10.8 Å². The first-order valence-electron chi connectivity index (χ1n) is 10.2. The Morgan fingerprint density at radius 1 is 1.40 bits per heavy atom. The van der Waals surface area contributed by atoms with E-state index in [1.807, 2.05) is 27.7 Å². The minimum absolute atomic E-state index is 0.0306. The van der Waals surface area contributed by atoms with Gasteiger partial charge in [-0.05, 0) is 51.6 Å². The average Bonchev–Trinajstić information content (AvgIpc) is 2.63. The molecule has 0 aliphatic carbocycles. The van der Waals surface area contributed by atoms with Gasteiger partial charge in [0, 0.05) is 31.3 Å². The van der Waals surface area contributed by atoms with E-state index in [0.29, 0.717) is 37.7 Å². The zero-order chi connectivity index (χ0) is 21.9. The number of aromatic nitrogens is 2. The van der Waals surface area contributed by atoms with Gasteiger partial charge in [0.05, 0.1) is 12.2 Å².